The predicted molar refractivity (Wildman–Crippen MR) is 119 cm³/mol. The Labute approximate surface area is 174 Å². The molecule has 0 aliphatic carbocycles. The number of thiophene rings is 1. The molecule has 0 atom stereocenters. The number of anilines is 1. The van der Waals surface area contributed by atoms with Gasteiger partial charge in [0.25, 0.3) is 11.5 Å². The largest absolute Gasteiger partial charge is 0.320 e. The smallest absolute Gasteiger partial charge is 0.265 e. The molecule has 2 aromatic carbocycles. The van der Waals surface area contributed by atoms with Crippen molar-refractivity contribution in [1.82, 2.24) is 9.55 Å². The number of carbonyl (C=O) groups excluding carboxylic acids is 1. The Bertz CT molecular complexity index is 1500. The van der Waals surface area contributed by atoms with E-state index in [9.17, 15) is 9.59 Å². The van der Waals surface area contributed by atoms with E-state index in [1.165, 1.54) is 11.3 Å². The highest BCUT2D eigenvalue weighted by atomic mass is 35.5. The molecule has 0 spiro atoms. The molecular formula is C22H14ClN3O2S. The van der Waals surface area contributed by atoms with Crippen LogP contribution in [-0.4, -0.2) is 15.5 Å². The van der Waals surface area contributed by atoms with Gasteiger partial charge in [0.2, 0.25) is 0 Å². The number of aromatic nitrogens is 2. The topological polar surface area (TPSA) is 64.0 Å². The molecule has 5 aromatic rings. The average molecular weight is 420 g/mol. The Morgan fingerprint density at radius 2 is 1.93 bits per heavy atom. The number of nitrogens with one attached hydrogen (secondary N) is 1. The molecular weight excluding hydrogens is 406 g/mol. The minimum Gasteiger partial charge on any atom is -0.320 e. The van der Waals surface area contributed by atoms with Crippen LogP contribution in [0.1, 0.15) is 9.67 Å². The predicted octanol–water partition coefficient (Wildman–Crippen LogP) is 5.21. The Balaban J connectivity index is 1.59. The van der Waals surface area contributed by atoms with Gasteiger partial charge in [0.15, 0.2) is 0 Å². The molecule has 5 nitrogen and oxygen atoms in total. The molecule has 0 aliphatic heterocycles. The number of nitrogens with zero attached hydrogens (tertiary/aromatic N) is 2. The van der Waals surface area contributed by atoms with Crippen molar-refractivity contribution in [2.24, 2.45) is 7.05 Å². The zero-order valence-electron chi connectivity index (χ0n) is 15.3. The van der Waals surface area contributed by atoms with E-state index in [-0.39, 0.29) is 11.5 Å². The van der Waals surface area contributed by atoms with Gasteiger partial charge >= 0.3 is 0 Å². The van der Waals surface area contributed by atoms with Gasteiger partial charge in [0, 0.05) is 27.5 Å². The van der Waals surface area contributed by atoms with Crippen LogP contribution in [0.2, 0.25) is 5.02 Å². The summed E-state index contributed by atoms with van der Waals surface area (Å²) >= 11 is 7.40. The van der Waals surface area contributed by atoms with Gasteiger partial charge in [-0.1, -0.05) is 29.8 Å². The lowest BCUT2D eigenvalue weighted by Crippen LogP contribution is -2.16. The number of carbonyl (C=O) groups is 1. The standard InChI is InChI=1S/C22H14ClN3O2S/c1-26-18-9-13(23)6-7-15(18)20-16(22(26)28)10-19(29-20)21(27)25-14-8-12-4-2-3-5-17(12)24-11-14/h2-11H,1H3,(H,25,27). The molecule has 1 amide bonds. The molecule has 5 rings (SSSR count). The number of para-hydroxylation sites is 1. The fourth-order valence-corrected chi connectivity index (χ4v) is 4.70. The second-order valence-electron chi connectivity index (χ2n) is 6.75. The van der Waals surface area contributed by atoms with Crippen molar-refractivity contribution < 1.29 is 4.79 Å². The van der Waals surface area contributed by atoms with Crippen molar-refractivity contribution in [2.45, 2.75) is 0 Å². The van der Waals surface area contributed by atoms with Gasteiger partial charge in [-0.2, -0.15) is 0 Å². The minimum atomic E-state index is -0.271. The van der Waals surface area contributed by atoms with E-state index >= 15 is 0 Å². The Morgan fingerprint density at radius 1 is 1.10 bits per heavy atom. The summed E-state index contributed by atoms with van der Waals surface area (Å²) in [5.41, 5.74) is 2.05. The summed E-state index contributed by atoms with van der Waals surface area (Å²) in [4.78, 5) is 30.5. The first-order valence-electron chi connectivity index (χ1n) is 8.89. The van der Waals surface area contributed by atoms with E-state index in [4.69, 9.17) is 11.6 Å². The second kappa shape index (κ2) is 6.69. The van der Waals surface area contributed by atoms with Crippen LogP contribution in [0.25, 0.3) is 31.9 Å². The molecule has 3 aromatic heterocycles. The van der Waals surface area contributed by atoms with Crippen LogP contribution in [0.4, 0.5) is 5.69 Å². The van der Waals surface area contributed by atoms with E-state index in [1.807, 2.05) is 36.4 Å². The molecule has 0 unspecified atom stereocenters. The fraction of sp³-hybridized carbons (Fsp3) is 0.0455. The molecule has 0 saturated carbocycles. The maximum Gasteiger partial charge on any atom is 0.265 e. The number of rotatable bonds is 2. The number of benzene rings is 2. The first kappa shape index (κ1) is 17.8. The molecule has 0 fully saturated rings. The van der Waals surface area contributed by atoms with Crippen LogP contribution < -0.4 is 10.9 Å². The van der Waals surface area contributed by atoms with Gasteiger partial charge in [-0.05, 0) is 36.4 Å². The molecule has 29 heavy (non-hydrogen) atoms. The van der Waals surface area contributed by atoms with Crippen LogP contribution in [-0.2, 0) is 7.05 Å². The van der Waals surface area contributed by atoms with Gasteiger partial charge in [-0.3, -0.25) is 14.6 Å². The first-order valence-corrected chi connectivity index (χ1v) is 10.1. The van der Waals surface area contributed by atoms with Gasteiger partial charge in [0.05, 0.1) is 33.2 Å². The maximum atomic E-state index is 12.8. The van der Waals surface area contributed by atoms with Crippen molar-refractivity contribution in [1.29, 1.82) is 0 Å². The highest BCUT2D eigenvalue weighted by molar-refractivity contribution is 7.21. The number of aryl methyl sites for hydroxylation is 1. The van der Waals surface area contributed by atoms with Crippen LogP contribution in [0.3, 0.4) is 0 Å². The molecule has 0 bridgehead atoms. The van der Waals surface area contributed by atoms with Crippen molar-refractivity contribution in [3.05, 3.63) is 81.0 Å². The Kier molecular flexibility index (Phi) is 4.12. The third kappa shape index (κ3) is 2.97. The molecule has 3 heterocycles. The van der Waals surface area contributed by atoms with Crippen LogP contribution in [0, 0.1) is 0 Å². The normalized spacial score (nSPS) is 11.4. The first-order chi connectivity index (χ1) is 14.0. The summed E-state index contributed by atoms with van der Waals surface area (Å²) < 4.78 is 2.34. The fourth-order valence-electron chi connectivity index (χ4n) is 3.46. The van der Waals surface area contributed by atoms with E-state index in [1.54, 1.807) is 36.0 Å². The zero-order valence-corrected chi connectivity index (χ0v) is 16.8. The van der Waals surface area contributed by atoms with E-state index in [2.05, 4.69) is 10.3 Å². The Morgan fingerprint density at radius 3 is 2.79 bits per heavy atom. The summed E-state index contributed by atoms with van der Waals surface area (Å²) in [6, 6.07) is 16.7. The lowest BCUT2D eigenvalue weighted by Gasteiger charge is -2.06. The zero-order chi connectivity index (χ0) is 20.1. The maximum absolute atomic E-state index is 12.8. The number of amides is 1. The SMILES string of the molecule is Cn1c(=O)c2cc(C(=O)Nc3cnc4ccccc4c3)sc2c2ccc(Cl)cc21. The summed E-state index contributed by atoms with van der Waals surface area (Å²) in [7, 11) is 1.71. The lowest BCUT2D eigenvalue weighted by molar-refractivity contribution is 0.103. The Hall–Kier alpha value is -3.22. The second-order valence-corrected chi connectivity index (χ2v) is 8.24. The number of hydrogen-bond donors (Lipinski definition) is 1. The quantitative estimate of drug-likeness (QED) is 0.427. The van der Waals surface area contributed by atoms with Crippen LogP contribution in [0.5, 0.6) is 0 Å². The molecule has 0 radical (unpaired) electrons. The third-order valence-corrected chi connectivity index (χ3v) is 6.31. The minimum absolute atomic E-state index is 0.155. The lowest BCUT2D eigenvalue weighted by atomic mass is 10.1. The number of halogens is 1. The van der Waals surface area contributed by atoms with Crippen LogP contribution in [0.15, 0.2) is 65.6 Å². The average Bonchev–Trinajstić information content (AvgIpc) is 3.18. The molecule has 7 heteroatoms. The van der Waals surface area contributed by atoms with E-state index < -0.39 is 0 Å². The molecule has 0 saturated heterocycles. The molecule has 142 valence electrons. The van der Waals surface area contributed by atoms with Crippen molar-refractivity contribution in [3.63, 3.8) is 0 Å². The van der Waals surface area contributed by atoms with E-state index in [0.29, 0.717) is 21.0 Å². The molecule has 0 aliphatic rings. The van der Waals surface area contributed by atoms with Gasteiger partial charge in [0.1, 0.15) is 0 Å². The number of hydrogen-bond acceptors (Lipinski definition) is 4. The monoisotopic (exact) mass is 419 g/mol. The highest BCUT2D eigenvalue weighted by Gasteiger charge is 2.17. The van der Waals surface area contributed by atoms with E-state index in [0.717, 1.165) is 26.5 Å². The van der Waals surface area contributed by atoms with Crippen molar-refractivity contribution in [3.8, 4) is 0 Å². The van der Waals surface area contributed by atoms with Crippen molar-refractivity contribution in [2.75, 3.05) is 5.32 Å². The van der Waals surface area contributed by atoms with Gasteiger partial charge in [-0.15, -0.1) is 11.3 Å². The van der Waals surface area contributed by atoms with Crippen molar-refractivity contribution >= 4 is 66.4 Å². The third-order valence-electron chi connectivity index (χ3n) is 4.91. The van der Waals surface area contributed by atoms with Gasteiger partial charge < -0.3 is 9.88 Å². The molecule has 1 N–H and O–H groups in total. The van der Waals surface area contributed by atoms with Gasteiger partial charge in [-0.25, -0.2) is 0 Å². The number of pyridine rings is 2. The highest BCUT2D eigenvalue weighted by Crippen LogP contribution is 2.32. The summed E-state index contributed by atoms with van der Waals surface area (Å²) in [5, 5.41) is 5.80. The number of fused-ring (bicyclic) bond motifs is 4. The summed E-state index contributed by atoms with van der Waals surface area (Å²) in [6.07, 6.45) is 1.63. The summed E-state index contributed by atoms with van der Waals surface area (Å²) in [6.45, 7) is 0. The van der Waals surface area contributed by atoms with Crippen LogP contribution >= 0.6 is 22.9 Å². The summed E-state index contributed by atoms with van der Waals surface area (Å²) in [5.74, 6) is -0.271.